The molecule has 0 bridgehead atoms. The highest BCUT2D eigenvalue weighted by atomic mass is 16.5. The minimum atomic E-state index is 0.702. The van der Waals surface area contributed by atoms with E-state index >= 15 is 0 Å². The summed E-state index contributed by atoms with van der Waals surface area (Å²) in [6.45, 7) is 3.67. The van der Waals surface area contributed by atoms with Crippen molar-refractivity contribution in [3.8, 4) is 22.6 Å². The van der Waals surface area contributed by atoms with E-state index in [1.807, 2.05) is 24.3 Å². The minimum absolute atomic E-state index is 0.702. The normalized spacial score (nSPS) is 10.5. The predicted molar refractivity (Wildman–Crippen MR) is 74.6 cm³/mol. The summed E-state index contributed by atoms with van der Waals surface area (Å²) in [4.78, 5) is 0. The van der Waals surface area contributed by atoms with Crippen molar-refractivity contribution in [2.45, 2.75) is 13.5 Å². The van der Waals surface area contributed by atoms with E-state index in [1.165, 1.54) is 0 Å². The molecule has 0 fully saturated rings. The summed E-state index contributed by atoms with van der Waals surface area (Å²) in [7, 11) is 3.30. The molecule has 2 aromatic rings. The third-order valence-corrected chi connectivity index (χ3v) is 2.98. The first kappa shape index (κ1) is 13.5. The van der Waals surface area contributed by atoms with Gasteiger partial charge in [0.2, 0.25) is 0 Å². The largest absolute Gasteiger partial charge is 0.497 e. The van der Waals surface area contributed by atoms with Gasteiger partial charge in [0.25, 0.3) is 0 Å². The maximum Gasteiger partial charge on any atom is 0.130 e. The summed E-state index contributed by atoms with van der Waals surface area (Å²) in [5, 5.41) is 3.26. The molecule has 102 valence electrons. The van der Waals surface area contributed by atoms with E-state index in [0.29, 0.717) is 6.54 Å². The first-order valence-electron chi connectivity index (χ1n) is 6.29. The van der Waals surface area contributed by atoms with Crippen LogP contribution in [0, 0.1) is 0 Å². The van der Waals surface area contributed by atoms with Gasteiger partial charge in [-0.05, 0) is 24.7 Å². The molecule has 0 atom stereocenters. The molecule has 0 unspecified atom stereocenters. The molecule has 0 spiro atoms. The van der Waals surface area contributed by atoms with Gasteiger partial charge in [0.15, 0.2) is 0 Å². The lowest BCUT2D eigenvalue weighted by Crippen LogP contribution is -2.11. The van der Waals surface area contributed by atoms with Crippen molar-refractivity contribution in [3.05, 3.63) is 36.3 Å². The van der Waals surface area contributed by atoms with Crippen LogP contribution < -0.4 is 14.8 Å². The molecule has 4 nitrogen and oxygen atoms in total. The second-order valence-electron chi connectivity index (χ2n) is 4.10. The lowest BCUT2D eigenvalue weighted by Gasteiger charge is -2.10. The van der Waals surface area contributed by atoms with Crippen LogP contribution in [-0.2, 0) is 6.54 Å². The molecule has 1 aromatic heterocycles. The zero-order valence-corrected chi connectivity index (χ0v) is 11.5. The van der Waals surface area contributed by atoms with Crippen LogP contribution >= 0.6 is 0 Å². The van der Waals surface area contributed by atoms with Gasteiger partial charge < -0.3 is 19.2 Å². The van der Waals surface area contributed by atoms with Crippen LogP contribution in [0.2, 0.25) is 0 Å². The summed E-state index contributed by atoms with van der Waals surface area (Å²) >= 11 is 0. The Bertz CT molecular complexity index is 534. The number of hydrogen-bond donors (Lipinski definition) is 1. The first-order valence-corrected chi connectivity index (χ1v) is 6.29. The molecule has 0 radical (unpaired) electrons. The van der Waals surface area contributed by atoms with Gasteiger partial charge in [-0.2, -0.15) is 0 Å². The number of ether oxygens (including phenoxy) is 2. The van der Waals surface area contributed by atoms with Crippen molar-refractivity contribution in [1.82, 2.24) is 5.32 Å². The van der Waals surface area contributed by atoms with E-state index < -0.39 is 0 Å². The molecule has 0 saturated carbocycles. The average Bonchev–Trinajstić information content (AvgIpc) is 2.92. The highest BCUT2D eigenvalue weighted by Gasteiger charge is 2.13. The van der Waals surface area contributed by atoms with Crippen LogP contribution in [0.5, 0.6) is 11.5 Å². The maximum absolute atomic E-state index is 5.53. The Morgan fingerprint density at radius 1 is 1.11 bits per heavy atom. The molecule has 4 heteroatoms. The number of benzene rings is 1. The van der Waals surface area contributed by atoms with Crippen molar-refractivity contribution in [2.24, 2.45) is 0 Å². The molecule has 1 aromatic carbocycles. The number of nitrogens with one attached hydrogen (secondary N) is 1. The summed E-state index contributed by atoms with van der Waals surface area (Å²) in [5.74, 6) is 2.46. The van der Waals surface area contributed by atoms with Crippen LogP contribution in [0.4, 0.5) is 0 Å². The zero-order chi connectivity index (χ0) is 13.7. The maximum atomic E-state index is 5.53. The summed E-state index contributed by atoms with van der Waals surface area (Å²) in [6, 6.07) is 7.73. The Labute approximate surface area is 113 Å². The van der Waals surface area contributed by atoms with E-state index in [-0.39, 0.29) is 0 Å². The molecule has 0 aliphatic carbocycles. The van der Waals surface area contributed by atoms with Crippen LogP contribution in [0.15, 0.2) is 34.9 Å². The van der Waals surface area contributed by atoms with Crippen molar-refractivity contribution in [1.29, 1.82) is 0 Å². The molecule has 0 amide bonds. The third-order valence-electron chi connectivity index (χ3n) is 2.98. The van der Waals surface area contributed by atoms with Crippen molar-refractivity contribution in [2.75, 3.05) is 20.8 Å². The van der Waals surface area contributed by atoms with Gasteiger partial charge in [-0.3, -0.25) is 0 Å². The van der Waals surface area contributed by atoms with E-state index in [4.69, 9.17) is 13.9 Å². The Hall–Kier alpha value is -1.94. The quantitative estimate of drug-likeness (QED) is 0.868. The topological polar surface area (TPSA) is 43.6 Å². The molecular weight excluding hydrogens is 242 g/mol. The lowest BCUT2D eigenvalue weighted by molar-refractivity contribution is 0.395. The fourth-order valence-corrected chi connectivity index (χ4v) is 1.98. The van der Waals surface area contributed by atoms with Gasteiger partial charge in [0, 0.05) is 17.2 Å². The van der Waals surface area contributed by atoms with Gasteiger partial charge in [0.05, 0.1) is 27.0 Å². The fourth-order valence-electron chi connectivity index (χ4n) is 1.98. The minimum Gasteiger partial charge on any atom is -0.497 e. The van der Waals surface area contributed by atoms with Crippen molar-refractivity contribution in [3.63, 3.8) is 0 Å². The molecule has 1 heterocycles. The van der Waals surface area contributed by atoms with E-state index in [2.05, 4.69) is 12.2 Å². The second kappa shape index (κ2) is 6.29. The third kappa shape index (κ3) is 2.90. The summed E-state index contributed by atoms with van der Waals surface area (Å²) in [6.07, 6.45) is 1.70. The van der Waals surface area contributed by atoms with E-state index in [0.717, 1.165) is 34.9 Å². The Balaban J connectivity index is 2.38. The number of methoxy groups -OCH3 is 2. The molecular formula is C15H19NO3. The Morgan fingerprint density at radius 3 is 2.63 bits per heavy atom. The zero-order valence-electron chi connectivity index (χ0n) is 11.5. The van der Waals surface area contributed by atoms with Gasteiger partial charge in [-0.15, -0.1) is 0 Å². The lowest BCUT2D eigenvalue weighted by atomic mass is 10.0. The van der Waals surface area contributed by atoms with E-state index in [1.54, 1.807) is 20.5 Å². The molecule has 1 N–H and O–H groups in total. The van der Waals surface area contributed by atoms with Crippen LogP contribution in [0.3, 0.4) is 0 Å². The number of furan rings is 1. The van der Waals surface area contributed by atoms with Gasteiger partial charge in [0.1, 0.15) is 17.3 Å². The Kier molecular flexibility index (Phi) is 4.47. The monoisotopic (exact) mass is 261 g/mol. The van der Waals surface area contributed by atoms with Gasteiger partial charge in [-0.25, -0.2) is 0 Å². The van der Waals surface area contributed by atoms with Crippen LogP contribution in [-0.4, -0.2) is 20.8 Å². The SMILES string of the molecule is CCNCc1occc1-c1ccc(OC)cc1OC. The predicted octanol–water partition coefficient (Wildman–Crippen LogP) is 3.07. The summed E-state index contributed by atoms with van der Waals surface area (Å²) in [5.41, 5.74) is 2.05. The fraction of sp³-hybridized carbons (Fsp3) is 0.333. The summed E-state index contributed by atoms with van der Waals surface area (Å²) < 4.78 is 16.2. The van der Waals surface area contributed by atoms with Gasteiger partial charge >= 0.3 is 0 Å². The average molecular weight is 261 g/mol. The standard InChI is InChI=1S/C15H19NO3/c1-4-16-10-15-13(7-8-19-15)12-6-5-11(17-2)9-14(12)18-3/h5-9,16H,4,10H2,1-3H3. The molecule has 19 heavy (non-hydrogen) atoms. The smallest absolute Gasteiger partial charge is 0.130 e. The van der Waals surface area contributed by atoms with E-state index in [9.17, 15) is 0 Å². The molecule has 2 rings (SSSR count). The van der Waals surface area contributed by atoms with Crippen LogP contribution in [0.25, 0.3) is 11.1 Å². The highest BCUT2D eigenvalue weighted by molar-refractivity contribution is 5.73. The first-order chi connectivity index (χ1) is 9.30. The number of hydrogen-bond acceptors (Lipinski definition) is 4. The molecule has 0 aliphatic heterocycles. The molecule has 0 aliphatic rings. The molecule has 0 saturated heterocycles. The van der Waals surface area contributed by atoms with Crippen LogP contribution in [0.1, 0.15) is 12.7 Å². The highest BCUT2D eigenvalue weighted by Crippen LogP contribution is 2.35. The number of rotatable bonds is 6. The second-order valence-corrected chi connectivity index (χ2v) is 4.10. The Morgan fingerprint density at radius 2 is 1.95 bits per heavy atom. The van der Waals surface area contributed by atoms with Crippen molar-refractivity contribution < 1.29 is 13.9 Å². The van der Waals surface area contributed by atoms with Crippen molar-refractivity contribution >= 4 is 0 Å². The van der Waals surface area contributed by atoms with Gasteiger partial charge in [-0.1, -0.05) is 6.92 Å².